The molecule has 1 N–H and O–H groups in total. The molecule has 8 heteroatoms. The maximum absolute atomic E-state index is 12.9. The molecule has 0 unspecified atom stereocenters. The molecule has 5 nitrogen and oxygen atoms in total. The lowest BCUT2D eigenvalue weighted by Crippen LogP contribution is -2.26. The van der Waals surface area contributed by atoms with Gasteiger partial charge in [0.1, 0.15) is 9.79 Å². The van der Waals surface area contributed by atoms with E-state index >= 15 is 0 Å². The molecule has 1 aromatic carbocycles. The molecule has 0 atom stereocenters. The largest absolute Gasteiger partial charge is 0.333 e. The van der Waals surface area contributed by atoms with Crippen molar-refractivity contribution in [1.82, 2.24) is 4.72 Å². The van der Waals surface area contributed by atoms with E-state index in [1.54, 1.807) is 0 Å². The van der Waals surface area contributed by atoms with Gasteiger partial charge >= 0.3 is 10.2 Å². The van der Waals surface area contributed by atoms with Crippen molar-refractivity contribution in [3.63, 3.8) is 0 Å². The molecule has 0 radical (unpaired) electrons. The number of benzene rings is 1. The molecule has 1 aromatic rings. The van der Waals surface area contributed by atoms with Crippen LogP contribution in [0, 0.1) is 0 Å². The van der Waals surface area contributed by atoms with Gasteiger partial charge in [0.15, 0.2) is 0 Å². The minimum Gasteiger partial charge on any atom is -0.208 e. The molecular weight excluding hydrogens is 269 g/mol. The molecular formula is C9H10FNO4S2. The molecule has 0 aliphatic heterocycles. The predicted octanol–water partition coefficient (Wildman–Crippen LogP) is 0.786. The van der Waals surface area contributed by atoms with Crippen LogP contribution in [0.25, 0.3) is 0 Å². The number of rotatable bonds is 4. The van der Waals surface area contributed by atoms with Gasteiger partial charge in [-0.15, -0.1) is 3.89 Å². The van der Waals surface area contributed by atoms with Crippen LogP contribution in [-0.4, -0.2) is 22.9 Å². The summed E-state index contributed by atoms with van der Waals surface area (Å²) in [6.45, 7) is 0. The van der Waals surface area contributed by atoms with Gasteiger partial charge in [-0.1, -0.05) is 12.1 Å². The van der Waals surface area contributed by atoms with Crippen LogP contribution in [0.4, 0.5) is 3.89 Å². The fourth-order valence-corrected chi connectivity index (χ4v) is 3.93. The zero-order valence-corrected chi connectivity index (χ0v) is 10.3. The first-order chi connectivity index (χ1) is 7.81. The van der Waals surface area contributed by atoms with Gasteiger partial charge in [-0.25, -0.2) is 13.1 Å². The molecule has 1 aliphatic carbocycles. The molecule has 0 amide bonds. The highest BCUT2D eigenvalue weighted by atomic mass is 32.3. The number of nitrogens with one attached hydrogen (secondary N) is 1. The number of hydrogen-bond acceptors (Lipinski definition) is 4. The Balaban J connectivity index is 2.51. The van der Waals surface area contributed by atoms with Gasteiger partial charge in [-0.3, -0.25) is 0 Å². The summed E-state index contributed by atoms with van der Waals surface area (Å²) in [6, 6.07) is 4.43. The Hall–Kier alpha value is -0.990. The average Bonchev–Trinajstić information content (AvgIpc) is 3.00. The minimum absolute atomic E-state index is 0.171. The first kappa shape index (κ1) is 12.5. The zero-order valence-electron chi connectivity index (χ0n) is 8.63. The molecule has 0 spiro atoms. The molecule has 0 bridgehead atoms. The van der Waals surface area contributed by atoms with Crippen molar-refractivity contribution in [2.24, 2.45) is 0 Å². The molecule has 0 heterocycles. The predicted molar refractivity (Wildman–Crippen MR) is 58.1 cm³/mol. The second-order valence-corrected chi connectivity index (χ2v) is 6.78. The Morgan fingerprint density at radius 1 is 1.06 bits per heavy atom. The molecule has 0 aromatic heterocycles. The lowest BCUT2D eigenvalue weighted by Gasteiger charge is -2.07. The van der Waals surface area contributed by atoms with Crippen molar-refractivity contribution in [3.8, 4) is 0 Å². The highest BCUT2D eigenvalue weighted by Gasteiger charge is 2.31. The van der Waals surface area contributed by atoms with E-state index in [0.717, 1.165) is 12.1 Å². The third kappa shape index (κ3) is 2.82. The van der Waals surface area contributed by atoms with E-state index in [9.17, 15) is 20.7 Å². The molecule has 1 saturated carbocycles. The van der Waals surface area contributed by atoms with Crippen molar-refractivity contribution >= 4 is 20.2 Å². The Bertz CT molecular complexity index is 635. The van der Waals surface area contributed by atoms with E-state index in [0.29, 0.717) is 12.8 Å². The summed E-state index contributed by atoms with van der Waals surface area (Å²) < 4.78 is 60.5. The Morgan fingerprint density at radius 3 is 2.06 bits per heavy atom. The smallest absolute Gasteiger partial charge is 0.208 e. The summed E-state index contributed by atoms with van der Waals surface area (Å²) in [5.41, 5.74) is 0. The molecule has 2 rings (SSSR count). The molecule has 94 valence electrons. The Kier molecular flexibility index (Phi) is 2.96. The van der Waals surface area contributed by atoms with Gasteiger partial charge in [-0.05, 0) is 25.0 Å². The van der Waals surface area contributed by atoms with Crippen LogP contribution in [0.3, 0.4) is 0 Å². The molecule has 1 fully saturated rings. The number of halogens is 1. The van der Waals surface area contributed by atoms with Gasteiger partial charge < -0.3 is 0 Å². The number of hydrogen-bond donors (Lipinski definition) is 1. The number of sulfonamides is 1. The minimum atomic E-state index is -5.05. The second-order valence-electron chi connectivity index (χ2n) is 3.78. The quantitative estimate of drug-likeness (QED) is 0.826. The maximum atomic E-state index is 12.9. The van der Waals surface area contributed by atoms with Crippen molar-refractivity contribution in [1.29, 1.82) is 0 Å². The topological polar surface area (TPSA) is 80.3 Å². The summed E-state index contributed by atoms with van der Waals surface area (Å²) in [7, 11) is -9.03. The summed E-state index contributed by atoms with van der Waals surface area (Å²) in [6.07, 6.45) is 1.42. The van der Waals surface area contributed by atoms with Crippen molar-refractivity contribution in [2.75, 3.05) is 0 Å². The zero-order chi connectivity index (χ0) is 12.7. The summed E-state index contributed by atoms with van der Waals surface area (Å²) in [5.74, 6) is 0. The highest BCUT2D eigenvalue weighted by Crippen LogP contribution is 2.26. The first-order valence-corrected chi connectivity index (χ1v) is 7.73. The van der Waals surface area contributed by atoms with Gasteiger partial charge in [0.05, 0.1) is 0 Å². The fourth-order valence-electron chi connectivity index (χ4n) is 1.36. The second kappa shape index (κ2) is 4.04. The fraction of sp³-hybridized carbons (Fsp3) is 0.333. The summed E-state index contributed by atoms with van der Waals surface area (Å²) >= 11 is 0. The van der Waals surface area contributed by atoms with Gasteiger partial charge in [0.25, 0.3) is 0 Å². The van der Waals surface area contributed by atoms with E-state index in [4.69, 9.17) is 0 Å². The molecule has 17 heavy (non-hydrogen) atoms. The van der Waals surface area contributed by atoms with Crippen LogP contribution < -0.4 is 4.72 Å². The average molecular weight is 279 g/mol. The van der Waals surface area contributed by atoms with Crippen LogP contribution in [0.1, 0.15) is 12.8 Å². The van der Waals surface area contributed by atoms with Gasteiger partial charge in [0.2, 0.25) is 10.0 Å². The van der Waals surface area contributed by atoms with Crippen molar-refractivity contribution in [3.05, 3.63) is 24.3 Å². The third-order valence-electron chi connectivity index (χ3n) is 2.30. The van der Waals surface area contributed by atoms with Crippen molar-refractivity contribution in [2.45, 2.75) is 28.7 Å². The monoisotopic (exact) mass is 279 g/mol. The SMILES string of the molecule is O=S(=O)(F)c1ccccc1S(=O)(=O)NC1CC1. The normalized spacial score (nSPS) is 17.0. The van der Waals surface area contributed by atoms with Crippen molar-refractivity contribution < 1.29 is 20.7 Å². The third-order valence-corrected chi connectivity index (χ3v) is 4.89. The van der Waals surface area contributed by atoms with E-state index in [1.165, 1.54) is 12.1 Å². The lowest BCUT2D eigenvalue weighted by atomic mass is 10.4. The Labute approximate surface area is 98.9 Å². The molecule has 0 saturated heterocycles. The van der Waals surface area contributed by atoms with E-state index in [1.807, 2.05) is 0 Å². The summed E-state index contributed by atoms with van der Waals surface area (Å²) in [4.78, 5) is -1.37. The highest BCUT2D eigenvalue weighted by molar-refractivity contribution is 7.91. The van der Waals surface area contributed by atoms with Gasteiger partial charge in [-0.2, -0.15) is 8.42 Å². The standard InChI is InChI=1S/C9H10FNO4S2/c10-16(12,13)8-3-1-2-4-9(8)17(14,15)11-7-5-6-7/h1-4,7,11H,5-6H2. The first-order valence-electron chi connectivity index (χ1n) is 4.87. The van der Waals surface area contributed by atoms with E-state index in [-0.39, 0.29) is 6.04 Å². The van der Waals surface area contributed by atoms with Crippen LogP contribution in [0.5, 0.6) is 0 Å². The van der Waals surface area contributed by atoms with Crippen LogP contribution >= 0.6 is 0 Å². The Morgan fingerprint density at radius 2 is 1.59 bits per heavy atom. The van der Waals surface area contributed by atoms with Crippen LogP contribution in [0.2, 0.25) is 0 Å². The summed E-state index contributed by atoms with van der Waals surface area (Å²) in [5, 5.41) is 0. The van der Waals surface area contributed by atoms with Crippen LogP contribution in [0.15, 0.2) is 34.1 Å². The van der Waals surface area contributed by atoms with Gasteiger partial charge in [0, 0.05) is 6.04 Å². The molecule has 1 aliphatic rings. The lowest BCUT2D eigenvalue weighted by molar-refractivity contribution is 0.544. The van der Waals surface area contributed by atoms with Crippen LogP contribution in [-0.2, 0) is 20.2 Å². The van der Waals surface area contributed by atoms with E-state index < -0.39 is 30.0 Å². The maximum Gasteiger partial charge on any atom is 0.333 e. The van der Waals surface area contributed by atoms with E-state index in [2.05, 4.69) is 4.72 Å².